The minimum atomic E-state index is -4.34. The second kappa shape index (κ2) is 31.7. The lowest BCUT2D eigenvalue weighted by molar-refractivity contribution is -0.870. The molecule has 0 aliphatic carbocycles. The van der Waals surface area contributed by atoms with E-state index in [0.29, 0.717) is 17.4 Å². The van der Waals surface area contributed by atoms with Crippen LogP contribution in [0.15, 0.2) is 36.5 Å². The summed E-state index contributed by atoms with van der Waals surface area (Å²) in [6, 6.07) is -0.863. The van der Waals surface area contributed by atoms with Crippen LogP contribution < -0.4 is 5.32 Å². The molecule has 0 aromatic heterocycles. The molecule has 0 aromatic carbocycles. The second-order valence-corrected chi connectivity index (χ2v) is 15.7. The lowest BCUT2D eigenvalue weighted by atomic mass is 10.1. The summed E-state index contributed by atoms with van der Waals surface area (Å²) in [4.78, 5) is 23.0. The van der Waals surface area contributed by atoms with E-state index < -0.39 is 20.0 Å². The van der Waals surface area contributed by atoms with Gasteiger partial charge in [0, 0.05) is 6.42 Å². The smallest absolute Gasteiger partial charge is 0.387 e. The van der Waals surface area contributed by atoms with Gasteiger partial charge >= 0.3 is 7.82 Å². The molecule has 48 heavy (non-hydrogen) atoms. The highest BCUT2D eigenvalue weighted by molar-refractivity contribution is 7.47. The van der Waals surface area contributed by atoms with Gasteiger partial charge in [0.1, 0.15) is 13.2 Å². The van der Waals surface area contributed by atoms with E-state index in [2.05, 4.69) is 43.5 Å². The van der Waals surface area contributed by atoms with Gasteiger partial charge in [-0.1, -0.05) is 127 Å². The Morgan fingerprint density at radius 3 is 1.67 bits per heavy atom. The molecule has 0 saturated heterocycles. The van der Waals surface area contributed by atoms with Gasteiger partial charge in [-0.2, -0.15) is 0 Å². The fourth-order valence-electron chi connectivity index (χ4n) is 5.17. The Kier molecular flexibility index (Phi) is 30.8. The molecule has 0 aliphatic heterocycles. The quantitative estimate of drug-likeness (QED) is 0.0267. The summed E-state index contributed by atoms with van der Waals surface area (Å²) in [5, 5.41) is 13.7. The number of hydrogen-bond acceptors (Lipinski definition) is 5. The number of amides is 1. The average Bonchev–Trinajstić information content (AvgIpc) is 3.02. The third kappa shape index (κ3) is 33.2. The van der Waals surface area contributed by atoms with Gasteiger partial charge in [-0.25, -0.2) is 4.57 Å². The van der Waals surface area contributed by atoms with Crippen molar-refractivity contribution >= 4 is 13.7 Å². The molecule has 0 rings (SSSR count). The van der Waals surface area contributed by atoms with Gasteiger partial charge in [-0.3, -0.25) is 13.8 Å². The van der Waals surface area contributed by atoms with Gasteiger partial charge < -0.3 is 19.8 Å². The number of unbranched alkanes of at least 4 members (excludes halogenated alkanes) is 17. The number of nitrogens with zero attached hydrogens (tertiary/aromatic N) is 1. The van der Waals surface area contributed by atoms with Gasteiger partial charge in [-0.05, 0) is 57.8 Å². The van der Waals surface area contributed by atoms with E-state index in [9.17, 15) is 19.4 Å². The first-order chi connectivity index (χ1) is 23.0. The van der Waals surface area contributed by atoms with Crippen molar-refractivity contribution in [1.29, 1.82) is 0 Å². The number of carbonyl (C=O) groups excluding carboxylic acids is 1. The molecule has 0 fully saturated rings. The van der Waals surface area contributed by atoms with Crippen molar-refractivity contribution in [2.24, 2.45) is 0 Å². The molecule has 8 nitrogen and oxygen atoms in total. The summed E-state index contributed by atoms with van der Waals surface area (Å²) in [7, 11) is 1.54. The zero-order valence-corrected chi connectivity index (χ0v) is 32.6. The van der Waals surface area contributed by atoms with Crippen LogP contribution >= 0.6 is 7.82 Å². The van der Waals surface area contributed by atoms with Gasteiger partial charge in [0.15, 0.2) is 0 Å². The van der Waals surface area contributed by atoms with Crippen LogP contribution in [0.1, 0.15) is 155 Å². The monoisotopic (exact) mass is 700 g/mol. The zero-order chi connectivity index (χ0) is 35.8. The molecule has 0 heterocycles. The highest BCUT2D eigenvalue weighted by atomic mass is 31.2. The Bertz CT molecular complexity index is 886. The highest BCUT2D eigenvalue weighted by Crippen LogP contribution is 2.43. The number of aliphatic hydroxyl groups is 1. The first-order valence-electron chi connectivity index (χ1n) is 19.4. The number of carbonyl (C=O) groups is 1. The summed E-state index contributed by atoms with van der Waals surface area (Å²) >= 11 is 0. The van der Waals surface area contributed by atoms with Crippen LogP contribution in [0.3, 0.4) is 0 Å². The Morgan fingerprint density at radius 2 is 1.15 bits per heavy atom. The van der Waals surface area contributed by atoms with Crippen LogP contribution in [0.2, 0.25) is 0 Å². The van der Waals surface area contributed by atoms with E-state index >= 15 is 0 Å². The van der Waals surface area contributed by atoms with Crippen LogP contribution in [-0.4, -0.2) is 73.4 Å². The molecule has 3 N–H and O–H groups in total. The maximum Gasteiger partial charge on any atom is 0.472 e. The molecular weight excluding hydrogens is 623 g/mol. The molecule has 0 aromatic rings. The Hall–Kier alpha value is -1.28. The Morgan fingerprint density at radius 1 is 0.688 bits per heavy atom. The molecule has 0 aliphatic rings. The van der Waals surface area contributed by atoms with Crippen molar-refractivity contribution in [1.82, 2.24) is 5.32 Å². The van der Waals surface area contributed by atoms with Crippen LogP contribution in [0.4, 0.5) is 0 Å². The van der Waals surface area contributed by atoms with Crippen molar-refractivity contribution in [2.75, 3.05) is 40.9 Å². The first kappa shape index (κ1) is 46.7. The van der Waals surface area contributed by atoms with Crippen LogP contribution in [0.5, 0.6) is 0 Å². The minimum absolute atomic E-state index is 0.0541. The topological polar surface area (TPSA) is 105 Å². The van der Waals surface area contributed by atoms with E-state index in [0.717, 1.165) is 51.4 Å². The van der Waals surface area contributed by atoms with E-state index in [1.165, 1.54) is 83.5 Å². The van der Waals surface area contributed by atoms with Crippen LogP contribution in [-0.2, 0) is 18.4 Å². The molecular formula is C39H76N2O6P+. The first-order valence-corrected chi connectivity index (χ1v) is 20.9. The molecule has 0 radical (unpaired) electrons. The number of aliphatic hydroxyl groups excluding tert-OH is 1. The standard InChI is InChI=1S/C39H75N2O6P/c1-6-8-10-12-14-16-18-20-21-23-25-27-29-31-33-39(43)40-37(36-47-48(44,45)46-35-34-41(3,4)5)38(42)32-30-28-26-24-22-19-17-15-13-11-9-7-2/h18,20,22,24,30,32,37-38,42H,6-17,19,21,23,25-29,31,33-36H2,1-5H3,(H-,40,43,44,45)/p+1/b20-18+,24-22+,32-30+/t37-,38+/m0/s1. The number of rotatable bonds is 34. The zero-order valence-electron chi connectivity index (χ0n) is 31.7. The van der Waals surface area contributed by atoms with E-state index in [-0.39, 0.29) is 19.1 Å². The van der Waals surface area contributed by atoms with Gasteiger partial charge in [0.05, 0.1) is 39.9 Å². The summed E-state index contributed by atoms with van der Waals surface area (Å²) < 4.78 is 23.4. The summed E-state index contributed by atoms with van der Waals surface area (Å²) in [6.07, 6.45) is 36.4. The van der Waals surface area contributed by atoms with Crippen molar-refractivity contribution < 1.29 is 32.9 Å². The lowest BCUT2D eigenvalue weighted by Crippen LogP contribution is -2.45. The number of likely N-dealkylation sites (N-methyl/N-ethyl adjacent to an activating group) is 1. The fraction of sp³-hybridized carbons (Fsp3) is 0.821. The summed E-state index contributed by atoms with van der Waals surface area (Å²) in [6.45, 7) is 4.73. The number of phosphoric acid groups is 1. The number of hydrogen-bond donors (Lipinski definition) is 3. The summed E-state index contributed by atoms with van der Waals surface area (Å²) in [5.74, 6) is -0.200. The number of phosphoric ester groups is 1. The molecule has 0 spiro atoms. The third-order valence-electron chi connectivity index (χ3n) is 8.33. The normalized spacial score (nSPS) is 15.1. The molecule has 1 unspecified atom stereocenters. The van der Waals surface area contributed by atoms with Crippen molar-refractivity contribution in [3.05, 3.63) is 36.5 Å². The van der Waals surface area contributed by atoms with Gasteiger partial charge in [0.2, 0.25) is 5.91 Å². The van der Waals surface area contributed by atoms with Gasteiger partial charge in [-0.15, -0.1) is 0 Å². The Balaban J connectivity index is 4.59. The third-order valence-corrected chi connectivity index (χ3v) is 9.32. The van der Waals surface area contributed by atoms with E-state index in [1.54, 1.807) is 6.08 Å². The predicted molar refractivity (Wildman–Crippen MR) is 203 cm³/mol. The summed E-state index contributed by atoms with van der Waals surface area (Å²) in [5.41, 5.74) is 0. The predicted octanol–water partition coefficient (Wildman–Crippen LogP) is 9.96. The molecule has 0 bridgehead atoms. The number of quaternary nitrogens is 1. The van der Waals surface area contributed by atoms with E-state index in [1.807, 2.05) is 27.2 Å². The van der Waals surface area contributed by atoms with Crippen molar-refractivity contribution in [3.8, 4) is 0 Å². The largest absolute Gasteiger partial charge is 0.472 e. The lowest BCUT2D eigenvalue weighted by Gasteiger charge is -2.25. The molecule has 1 amide bonds. The molecule has 9 heteroatoms. The molecule has 3 atom stereocenters. The van der Waals surface area contributed by atoms with E-state index in [4.69, 9.17) is 9.05 Å². The maximum absolute atomic E-state index is 12.8. The highest BCUT2D eigenvalue weighted by Gasteiger charge is 2.27. The van der Waals surface area contributed by atoms with Crippen molar-refractivity contribution in [2.45, 2.75) is 167 Å². The second-order valence-electron chi connectivity index (χ2n) is 14.3. The fourth-order valence-corrected chi connectivity index (χ4v) is 5.90. The Labute approximate surface area is 296 Å². The number of nitrogens with one attached hydrogen (secondary N) is 1. The minimum Gasteiger partial charge on any atom is -0.387 e. The maximum atomic E-state index is 12.8. The average molecular weight is 700 g/mol. The van der Waals surface area contributed by atoms with Crippen LogP contribution in [0, 0.1) is 0 Å². The molecule has 282 valence electrons. The number of allylic oxidation sites excluding steroid dienone is 5. The van der Waals surface area contributed by atoms with Crippen molar-refractivity contribution in [3.63, 3.8) is 0 Å². The van der Waals surface area contributed by atoms with Gasteiger partial charge in [0.25, 0.3) is 0 Å². The van der Waals surface area contributed by atoms with Crippen LogP contribution in [0.25, 0.3) is 0 Å². The SMILES string of the molecule is CCCCCCC/C=C/CCCCCCCC(=O)N[C@@H](COP(=O)(O)OCC[N+](C)(C)C)[C@H](O)/C=C/CC/C=C/CCCCCCCC. The molecule has 0 saturated carbocycles.